The second-order valence-corrected chi connectivity index (χ2v) is 10.4. The van der Waals surface area contributed by atoms with Gasteiger partial charge in [0, 0.05) is 77.3 Å². The van der Waals surface area contributed by atoms with Gasteiger partial charge in [-0.2, -0.15) is 0 Å². The maximum atomic E-state index is 13.5. The van der Waals surface area contributed by atoms with E-state index in [9.17, 15) is 4.79 Å². The summed E-state index contributed by atoms with van der Waals surface area (Å²) in [5.74, 6) is 1.35. The Hall–Kier alpha value is -3.32. The highest BCUT2D eigenvalue weighted by atomic mass is 32.2. The Bertz CT molecular complexity index is 1420. The zero-order chi connectivity index (χ0) is 23.4. The molecular formula is C27H27N5OS. The lowest BCUT2D eigenvalue weighted by atomic mass is 9.89. The number of hydrogen-bond donors (Lipinski definition) is 1. The van der Waals surface area contributed by atoms with Crippen LogP contribution >= 0.6 is 11.8 Å². The van der Waals surface area contributed by atoms with Gasteiger partial charge in [0.25, 0.3) is 5.91 Å². The summed E-state index contributed by atoms with van der Waals surface area (Å²) in [6.45, 7) is 8.80. The topological polar surface area (TPSA) is 65.1 Å². The molecule has 7 heteroatoms. The van der Waals surface area contributed by atoms with Crippen molar-refractivity contribution in [1.82, 2.24) is 24.8 Å². The molecule has 1 N–H and O–H groups in total. The fraction of sp³-hybridized carbons (Fsp3) is 0.296. The van der Waals surface area contributed by atoms with E-state index in [0.717, 1.165) is 28.9 Å². The molecule has 172 valence electrons. The third-order valence-corrected chi connectivity index (χ3v) is 8.49. The molecule has 3 aromatic rings. The fourth-order valence-corrected chi connectivity index (χ4v) is 6.12. The fourth-order valence-electron chi connectivity index (χ4n) is 5.03. The molecule has 0 spiro atoms. The van der Waals surface area contributed by atoms with Crippen molar-refractivity contribution >= 4 is 39.7 Å². The Balaban J connectivity index is 1.31. The van der Waals surface area contributed by atoms with Crippen molar-refractivity contribution < 1.29 is 4.79 Å². The molecule has 34 heavy (non-hydrogen) atoms. The van der Waals surface area contributed by atoms with E-state index in [4.69, 9.17) is 0 Å². The van der Waals surface area contributed by atoms with Gasteiger partial charge >= 0.3 is 0 Å². The van der Waals surface area contributed by atoms with Crippen LogP contribution in [0.25, 0.3) is 22.0 Å². The van der Waals surface area contributed by atoms with E-state index in [1.54, 1.807) is 18.0 Å². The number of carbonyl (C=O) groups excluding carboxylic acids is 1. The SMILES string of the molecule is CC1=CN2CCN(C(=O)c3cnc4[nH]cc(C5=Cc6ccncc6CS5)c4c3)CC2=C(C)C1C. The van der Waals surface area contributed by atoms with Gasteiger partial charge in [-0.3, -0.25) is 9.78 Å². The number of rotatable bonds is 2. The van der Waals surface area contributed by atoms with E-state index in [1.165, 1.54) is 32.9 Å². The predicted octanol–water partition coefficient (Wildman–Crippen LogP) is 5.29. The van der Waals surface area contributed by atoms with Crippen LogP contribution in [0.15, 0.2) is 60.0 Å². The zero-order valence-electron chi connectivity index (χ0n) is 19.6. The van der Waals surface area contributed by atoms with Crippen LogP contribution in [0.4, 0.5) is 0 Å². The van der Waals surface area contributed by atoms with Crippen molar-refractivity contribution in [3.63, 3.8) is 0 Å². The van der Waals surface area contributed by atoms with Crippen LogP contribution in [0.1, 0.15) is 47.8 Å². The van der Waals surface area contributed by atoms with E-state index in [2.05, 4.69) is 59.0 Å². The number of nitrogens with zero attached hydrogens (tertiary/aromatic N) is 4. The van der Waals surface area contributed by atoms with E-state index < -0.39 is 0 Å². The van der Waals surface area contributed by atoms with Crippen molar-refractivity contribution in [2.45, 2.75) is 26.5 Å². The first-order chi connectivity index (χ1) is 16.5. The molecule has 0 saturated carbocycles. The van der Waals surface area contributed by atoms with Gasteiger partial charge in [0.1, 0.15) is 5.65 Å². The average molecular weight is 470 g/mol. The molecule has 0 aliphatic carbocycles. The predicted molar refractivity (Wildman–Crippen MR) is 138 cm³/mol. The van der Waals surface area contributed by atoms with Crippen LogP contribution in [0, 0.1) is 5.92 Å². The first-order valence-electron chi connectivity index (χ1n) is 11.7. The number of aromatic amines is 1. The minimum absolute atomic E-state index is 0.0436. The summed E-state index contributed by atoms with van der Waals surface area (Å²) in [7, 11) is 0. The lowest BCUT2D eigenvalue weighted by Gasteiger charge is -2.41. The van der Waals surface area contributed by atoms with Crippen LogP contribution in [0.5, 0.6) is 0 Å². The average Bonchev–Trinajstić information content (AvgIpc) is 3.30. The normalized spacial score (nSPS) is 20.1. The van der Waals surface area contributed by atoms with Crippen LogP contribution in [0.2, 0.25) is 0 Å². The van der Waals surface area contributed by atoms with E-state index in [0.29, 0.717) is 24.6 Å². The van der Waals surface area contributed by atoms with Crippen LogP contribution in [-0.4, -0.2) is 50.3 Å². The molecule has 1 unspecified atom stereocenters. The molecule has 3 aliphatic heterocycles. The number of thioether (sulfide) groups is 1. The highest BCUT2D eigenvalue weighted by Crippen LogP contribution is 2.40. The highest BCUT2D eigenvalue weighted by molar-refractivity contribution is 8.07. The van der Waals surface area contributed by atoms with Gasteiger partial charge in [0.2, 0.25) is 0 Å². The summed E-state index contributed by atoms with van der Waals surface area (Å²) in [6.07, 6.45) is 11.9. The highest BCUT2D eigenvalue weighted by Gasteiger charge is 2.30. The number of aromatic nitrogens is 3. The monoisotopic (exact) mass is 469 g/mol. The number of carbonyl (C=O) groups is 1. The zero-order valence-corrected chi connectivity index (χ0v) is 20.4. The molecule has 6 rings (SSSR count). The number of nitrogens with one attached hydrogen (secondary N) is 1. The van der Waals surface area contributed by atoms with Gasteiger partial charge in [-0.05, 0) is 48.8 Å². The second kappa shape index (κ2) is 8.17. The molecule has 1 atom stereocenters. The molecule has 0 aromatic carbocycles. The van der Waals surface area contributed by atoms with Crippen molar-refractivity contribution in [1.29, 1.82) is 0 Å². The van der Waals surface area contributed by atoms with Gasteiger partial charge in [-0.25, -0.2) is 4.98 Å². The smallest absolute Gasteiger partial charge is 0.255 e. The number of H-pyrrole nitrogens is 1. The van der Waals surface area contributed by atoms with Gasteiger partial charge in [-0.15, -0.1) is 11.8 Å². The summed E-state index contributed by atoms with van der Waals surface area (Å²) in [5, 5.41) is 0.987. The second-order valence-electron chi connectivity index (χ2n) is 9.34. The minimum Gasteiger partial charge on any atom is -0.348 e. The van der Waals surface area contributed by atoms with Crippen molar-refractivity contribution in [3.05, 3.63) is 82.2 Å². The molecular weight excluding hydrogens is 442 g/mol. The van der Waals surface area contributed by atoms with E-state index >= 15 is 0 Å². The van der Waals surface area contributed by atoms with Crippen LogP contribution in [0.3, 0.4) is 0 Å². The van der Waals surface area contributed by atoms with Crippen LogP contribution < -0.4 is 0 Å². The molecule has 1 fully saturated rings. The Morgan fingerprint density at radius 3 is 3.00 bits per heavy atom. The summed E-state index contributed by atoms with van der Waals surface area (Å²) >= 11 is 1.79. The van der Waals surface area contributed by atoms with E-state index in [1.807, 2.05) is 29.6 Å². The number of amides is 1. The number of pyridine rings is 2. The third kappa shape index (κ3) is 3.46. The van der Waals surface area contributed by atoms with Gasteiger partial charge in [0.15, 0.2) is 0 Å². The summed E-state index contributed by atoms with van der Waals surface area (Å²) in [6, 6.07) is 4.05. The summed E-state index contributed by atoms with van der Waals surface area (Å²) < 4.78 is 0. The molecule has 1 amide bonds. The van der Waals surface area contributed by atoms with Crippen molar-refractivity contribution in [2.24, 2.45) is 5.92 Å². The Labute approximate surface area is 203 Å². The quantitative estimate of drug-likeness (QED) is 0.553. The van der Waals surface area contributed by atoms with Gasteiger partial charge < -0.3 is 14.8 Å². The minimum atomic E-state index is 0.0436. The summed E-state index contributed by atoms with van der Waals surface area (Å²) in [5.41, 5.74) is 8.97. The lowest BCUT2D eigenvalue weighted by Crippen LogP contribution is -2.47. The molecule has 0 radical (unpaired) electrons. The Morgan fingerprint density at radius 2 is 2.12 bits per heavy atom. The maximum Gasteiger partial charge on any atom is 0.255 e. The first-order valence-corrected chi connectivity index (χ1v) is 12.7. The Morgan fingerprint density at radius 1 is 1.24 bits per heavy atom. The van der Waals surface area contributed by atoms with Gasteiger partial charge in [0.05, 0.1) is 12.1 Å². The number of fused-ring (bicyclic) bond motifs is 3. The number of hydrogen-bond acceptors (Lipinski definition) is 5. The molecule has 3 aliphatic rings. The van der Waals surface area contributed by atoms with Crippen LogP contribution in [-0.2, 0) is 5.75 Å². The number of allylic oxidation sites excluding steroid dienone is 2. The van der Waals surface area contributed by atoms with Gasteiger partial charge in [-0.1, -0.05) is 12.5 Å². The first kappa shape index (κ1) is 21.2. The lowest BCUT2D eigenvalue weighted by molar-refractivity contribution is 0.0716. The third-order valence-electron chi connectivity index (χ3n) is 7.39. The molecule has 6 nitrogen and oxygen atoms in total. The summed E-state index contributed by atoms with van der Waals surface area (Å²) in [4.78, 5) is 31.1. The molecule has 0 bridgehead atoms. The standard InChI is InChI=1S/C27H27N5OS/c1-16-13-31-6-7-32(14-24(31)18(3)17(16)2)27(33)20-8-22-23(12-30-26(22)29-11-20)25-9-19-4-5-28-10-21(19)15-34-25/h4-5,8-13,17H,6-7,14-15H2,1-3H3,(H,29,30). The number of piperazine rings is 1. The van der Waals surface area contributed by atoms with E-state index in [-0.39, 0.29) is 5.91 Å². The maximum absolute atomic E-state index is 13.5. The molecule has 1 saturated heterocycles. The Kier molecular flexibility index (Phi) is 5.10. The van der Waals surface area contributed by atoms with Crippen molar-refractivity contribution in [2.75, 3.05) is 19.6 Å². The molecule has 6 heterocycles. The molecule has 3 aromatic heterocycles. The van der Waals surface area contributed by atoms with Crippen molar-refractivity contribution in [3.8, 4) is 0 Å². The largest absolute Gasteiger partial charge is 0.348 e.